The Morgan fingerprint density at radius 1 is 1.75 bits per heavy atom. The van der Waals surface area contributed by atoms with Gasteiger partial charge in [0.2, 0.25) is 5.91 Å². The highest BCUT2D eigenvalue weighted by Crippen LogP contribution is 2.04. The number of rotatable bonds is 3. The van der Waals surface area contributed by atoms with Crippen molar-refractivity contribution < 1.29 is 14.3 Å². The number of carbonyl (C=O) groups is 1. The molecule has 1 fully saturated rings. The molecule has 1 amide bonds. The van der Waals surface area contributed by atoms with Gasteiger partial charge in [-0.25, -0.2) is 0 Å². The van der Waals surface area contributed by atoms with Crippen molar-refractivity contribution in [1.82, 2.24) is 5.32 Å². The smallest absolute Gasteiger partial charge is 0.243 e. The molecule has 1 aliphatic rings. The Morgan fingerprint density at radius 3 is 3.17 bits per heavy atom. The third-order valence-corrected chi connectivity index (χ3v) is 1.66. The van der Waals surface area contributed by atoms with Crippen molar-refractivity contribution in [2.24, 2.45) is 0 Å². The van der Waals surface area contributed by atoms with Gasteiger partial charge in [-0.05, 0) is 12.5 Å². The molecule has 1 heterocycles. The molecule has 0 unspecified atom stereocenters. The van der Waals surface area contributed by atoms with Crippen molar-refractivity contribution in [3.63, 3.8) is 0 Å². The number of carbonyl (C=O) groups excluding carboxylic acids is 1. The van der Waals surface area contributed by atoms with Crippen LogP contribution in [0.15, 0.2) is 12.7 Å². The van der Waals surface area contributed by atoms with E-state index in [2.05, 4.69) is 11.9 Å². The molecule has 12 heavy (non-hydrogen) atoms. The lowest BCUT2D eigenvalue weighted by molar-refractivity contribution is -0.139. The van der Waals surface area contributed by atoms with Gasteiger partial charge in [0.25, 0.3) is 0 Å². The van der Waals surface area contributed by atoms with E-state index in [0.29, 0.717) is 19.9 Å². The molecule has 1 aliphatic heterocycles. The molecular weight excluding hydrogens is 158 g/mol. The van der Waals surface area contributed by atoms with Crippen LogP contribution in [0, 0.1) is 0 Å². The van der Waals surface area contributed by atoms with Crippen LogP contribution < -0.4 is 5.32 Å². The highest BCUT2D eigenvalue weighted by atomic mass is 16.7. The summed E-state index contributed by atoms with van der Waals surface area (Å²) in [6.07, 6.45) is 2.17. The van der Waals surface area contributed by atoms with E-state index in [1.54, 1.807) is 0 Å². The number of amides is 1. The Bertz CT molecular complexity index is 164. The van der Waals surface area contributed by atoms with E-state index in [9.17, 15) is 4.79 Å². The molecule has 4 nitrogen and oxygen atoms in total. The maximum absolute atomic E-state index is 10.7. The molecule has 0 aromatic carbocycles. The largest absolute Gasteiger partial charge is 0.355 e. The zero-order valence-electron chi connectivity index (χ0n) is 6.91. The molecule has 0 spiro atoms. The van der Waals surface area contributed by atoms with Crippen molar-refractivity contribution in [2.45, 2.75) is 12.5 Å². The average molecular weight is 171 g/mol. The first kappa shape index (κ1) is 9.22. The van der Waals surface area contributed by atoms with E-state index in [0.717, 1.165) is 6.42 Å². The Kier molecular flexibility index (Phi) is 3.76. The summed E-state index contributed by atoms with van der Waals surface area (Å²) in [5.74, 6) is -0.162. The van der Waals surface area contributed by atoms with E-state index in [-0.39, 0.29) is 12.0 Å². The molecule has 1 saturated heterocycles. The van der Waals surface area contributed by atoms with Gasteiger partial charge < -0.3 is 14.8 Å². The molecule has 0 saturated carbocycles. The van der Waals surface area contributed by atoms with E-state index in [4.69, 9.17) is 9.47 Å². The average Bonchev–Trinajstić information content (AvgIpc) is 2.16. The van der Waals surface area contributed by atoms with Crippen LogP contribution in [0.1, 0.15) is 6.42 Å². The molecule has 1 N–H and O–H groups in total. The second-order valence-corrected chi connectivity index (χ2v) is 2.55. The topological polar surface area (TPSA) is 47.6 Å². The summed E-state index contributed by atoms with van der Waals surface area (Å²) < 4.78 is 10.2. The van der Waals surface area contributed by atoms with Crippen LogP contribution in [0.3, 0.4) is 0 Å². The maximum atomic E-state index is 10.7. The summed E-state index contributed by atoms with van der Waals surface area (Å²) in [5, 5.41) is 2.66. The van der Waals surface area contributed by atoms with Gasteiger partial charge in [0.1, 0.15) is 6.79 Å². The molecule has 68 valence electrons. The van der Waals surface area contributed by atoms with Crippen LogP contribution in [0.5, 0.6) is 0 Å². The SMILES string of the molecule is C=CC(=O)NC[C@@H]1CCOCO1. The lowest BCUT2D eigenvalue weighted by Gasteiger charge is -2.22. The predicted molar refractivity (Wildman–Crippen MR) is 43.5 cm³/mol. The first-order valence-electron chi connectivity index (χ1n) is 3.92. The van der Waals surface area contributed by atoms with Crippen LogP contribution in [-0.4, -0.2) is 32.0 Å². The zero-order valence-corrected chi connectivity index (χ0v) is 6.91. The molecule has 1 atom stereocenters. The fourth-order valence-electron chi connectivity index (χ4n) is 0.949. The minimum Gasteiger partial charge on any atom is -0.355 e. The quantitative estimate of drug-likeness (QED) is 0.610. The van der Waals surface area contributed by atoms with Crippen LogP contribution in [0.4, 0.5) is 0 Å². The Hall–Kier alpha value is -0.870. The van der Waals surface area contributed by atoms with Gasteiger partial charge in [0.05, 0.1) is 12.7 Å². The molecule has 0 bridgehead atoms. The van der Waals surface area contributed by atoms with Crippen molar-refractivity contribution in [3.05, 3.63) is 12.7 Å². The third-order valence-electron chi connectivity index (χ3n) is 1.66. The van der Waals surface area contributed by atoms with E-state index < -0.39 is 0 Å². The van der Waals surface area contributed by atoms with Gasteiger partial charge in [-0.1, -0.05) is 6.58 Å². The van der Waals surface area contributed by atoms with E-state index in [1.165, 1.54) is 6.08 Å². The fourth-order valence-corrected chi connectivity index (χ4v) is 0.949. The Labute approximate surface area is 71.5 Å². The van der Waals surface area contributed by atoms with Gasteiger partial charge in [-0.15, -0.1) is 0 Å². The molecule has 4 heteroatoms. The zero-order chi connectivity index (χ0) is 8.81. The number of nitrogens with one attached hydrogen (secondary N) is 1. The minimum atomic E-state index is -0.162. The standard InChI is InChI=1S/C8H13NO3/c1-2-8(10)9-5-7-3-4-11-6-12-7/h2,7H,1,3-6H2,(H,9,10)/t7-/m0/s1. The monoisotopic (exact) mass is 171 g/mol. The van der Waals surface area contributed by atoms with Crippen molar-refractivity contribution in [2.75, 3.05) is 19.9 Å². The van der Waals surface area contributed by atoms with Crippen molar-refractivity contribution in [1.29, 1.82) is 0 Å². The summed E-state index contributed by atoms with van der Waals surface area (Å²) in [4.78, 5) is 10.7. The lowest BCUT2D eigenvalue weighted by atomic mass is 10.2. The van der Waals surface area contributed by atoms with Crippen LogP contribution in [0.2, 0.25) is 0 Å². The van der Waals surface area contributed by atoms with Gasteiger partial charge >= 0.3 is 0 Å². The third kappa shape index (κ3) is 3.02. The number of hydrogen-bond acceptors (Lipinski definition) is 3. The normalized spacial score (nSPS) is 23.2. The van der Waals surface area contributed by atoms with Gasteiger partial charge in [0.15, 0.2) is 0 Å². The molecular formula is C8H13NO3. The second-order valence-electron chi connectivity index (χ2n) is 2.55. The molecule has 0 radical (unpaired) electrons. The summed E-state index contributed by atoms with van der Waals surface area (Å²) in [6, 6.07) is 0. The van der Waals surface area contributed by atoms with Crippen LogP contribution in [0.25, 0.3) is 0 Å². The molecule has 0 aromatic rings. The lowest BCUT2D eigenvalue weighted by Crippen LogP contribution is -2.36. The molecule has 0 aromatic heterocycles. The van der Waals surface area contributed by atoms with E-state index >= 15 is 0 Å². The first-order chi connectivity index (χ1) is 5.83. The minimum absolute atomic E-state index is 0.0858. The number of ether oxygens (including phenoxy) is 2. The summed E-state index contributed by atoms with van der Waals surface area (Å²) in [7, 11) is 0. The summed E-state index contributed by atoms with van der Waals surface area (Å²) in [6.45, 7) is 4.91. The van der Waals surface area contributed by atoms with Gasteiger partial charge in [0, 0.05) is 6.54 Å². The van der Waals surface area contributed by atoms with Crippen LogP contribution >= 0.6 is 0 Å². The van der Waals surface area contributed by atoms with E-state index in [1.807, 2.05) is 0 Å². The fraction of sp³-hybridized carbons (Fsp3) is 0.625. The van der Waals surface area contributed by atoms with Crippen molar-refractivity contribution in [3.8, 4) is 0 Å². The molecule has 1 rings (SSSR count). The Morgan fingerprint density at radius 2 is 2.58 bits per heavy atom. The summed E-state index contributed by atoms with van der Waals surface area (Å²) in [5.41, 5.74) is 0. The number of hydrogen-bond donors (Lipinski definition) is 1. The Balaban J connectivity index is 2.12. The summed E-state index contributed by atoms with van der Waals surface area (Å²) >= 11 is 0. The predicted octanol–water partition coefficient (Wildman–Crippen LogP) is 0.0516. The molecule has 0 aliphatic carbocycles. The second kappa shape index (κ2) is 4.90. The highest BCUT2D eigenvalue weighted by molar-refractivity contribution is 5.86. The maximum Gasteiger partial charge on any atom is 0.243 e. The van der Waals surface area contributed by atoms with Crippen LogP contribution in [-0.2, 0) is 14.3 Å². The van der Waals surface area contributed by atoms with Gasteiger partial charge in [-0.2, -0.15) is 0 Å². The van der Waals surface area contributed by atoms with Crippen molar-refractivity contribution >= 4 is 5.91 Å². The highest BCUT2D eigenvalue weighted by Gasteiger charge is 2.13. The first-order valence-corrected chi connectivity index (χ1v) is 3.92. The van der Waals surface area contributed by atoms with Gasteiger partial charge in [-0.3, -0.25) is 4.79 Å².